The predicted octanol–water partition coefficient (Wildman–Crippen LogP) is 2.17. The molecule has 0 aromatic rings. The lowest BCUT2D eigenvalue weighted by molar-refractivity contribution is 0.135. The first kappa shape index (κ1) is 34.8. The topological polar surface area (TPSA) is 205 Å². The van der Waals surface area contributed by atoms with Crippen molar-refractivity contribution in [2.45, 2.75) is 77.7 Å². The molecule has 2 unspecified atom stereocenters. The second-order valence-electron chi connectivity index (χ2n) is 10.1. The van der Waals surface area contributed by atoms with E-state index in [1.54, 1.807) is 9.44 Å². The second-order valence-corrected chi connectivity index (χ2v) is 25.1. The molecule has 0 saturated heterocycles. The summed E-state index contributed by atoms with van der Waals surface area (Å²) < 4.78 is 86.1. The summed E-state index contributed by atoms with van der Waals surface area (Å²) in [7, 11) is -14.8. The number of amides is 2. The second kappa shape index (κ2) is 14.7. The minimum Gasteiger partial charge on any atom is -0.449 e. The lowest BCUT2D eigenvalue weighted by Gasteiger charge is -2.16. The summed E-state index contributed by atoms with van der Waals surface area (Å²) in [5.74, 6) is 0. The zero-order chi connectivity index (χ0) is 28.4. The van der Waals surface area contributed by atoms with Gasteiger partial charge in [-0.25, -0.2) is 19.0 Å². The summed E-state index contributed by atoms with van der Waals surface area (Å²) in [5.41, 5.74) is 0. The van der Waals surface area contributed by atoms with Gasteiger partial charge in [-0.1, -0.05) is 48.3 Å². The highest BCUT2D eigenvalue weighted by Gasteiger charge is 2.33. The molecular formula is C16H38N4O11PS2Si2+. The fraction of sp³-hybridized carbons (Fsp3) is 0.875. The van der Waals surface area contributed by atoms with Crippen molar-refractivity contribution in [2.75, 3.05) is 13.2 Å². The van der Waals surface area contributed by atoms with Crippen LogP contribution in [-0.2, 0) is 43.5 Å². The van der Waals surface area contributed by atoms with Crippen molar-refractivity contribution < 1.29 is 49.5 Å². The molecule has 20 heteroatoms. The summed E-state index contributed by atoms with van der Waals surface area (Å²) in [6, 6.07) is 1.28. The van der Waals surface area contributed by atoms with Crippen molar-refractivity contribution in [2.24, 2.45) is 0 Å². The zero-order valence-electron chi connectivity index (χ0n) is 21.7. The first-order chi connectivity index (χ1) is 16.1. The molecule has 0 bridgehead atoms. The number of ether oxygens (including phenoxy) is 2. The van der Waals surface area contributed by atoms with Gasteiger partial charge in [0.15, 0.2) is 12.5 Å². The lowest BCUT2D eigenvalue weighted by Crippen LogP contribution is -2.45. The minimum absolute atomic E-state index is 0.0572. The Hall–Kier alpha value is -1.19. The number of carbonyl (C=O) groups is 2. The van der Waals surface area contributed by atoms with E-state index in [1.165, 1.54) is 0 Å². The van der Waals surface area contributed by atoms with Crippen molar-refractivity contribution in [3.63, 3.8) is 0 Å². The van der Waals surface area contributed by atoms with E-state index < -0.39 is 69.5 Å². The first-order valence-electron chi connectivity index (χ1n) is 10.8. The monoisotopic (exact) mass is 613 g/mol. The third-order valence-corrected chi connectivity index (χ3v) is 10.3. The van der Waals surface area contributed by atoms with E-state index in [1.807, 2.05) is 9.44 Å². The van der Waals surface area contributed by atoms with Crippen LogP contribution in [0.3, 0.4) is 0 Å². The molecule has 0 aromatic carbocycles. The van der Waals surface area contributed by atoms with Gasteiger partial charge in [0.05, 0.1) is 13.2 Å². The fourth-order valence-electron chi connectivity index (χ4n) is 2.00. The predicted molar refractivity (Wildman–Crippen MR) is 138 cm³/mol. The van der Waals surface area contributed by atoms with Gasteiger partial charge in [0.2, 0.25) is 0 Å². The van der Waals surface area contributed by atoms with Crippen LogP contribution in [-0.4, -0.2) is 70.8 Å². The Bertz CT molecular complexity index is 894. The molecule has 0 aliphatic heterocycles. The molecule has 0 aliphatic carbocycles. The molecule has 0 radical (unpaired) electrons. The standard InChI is InChI=1S/C16H37N4O11PS2Si2/c1-13(17-33(24,25)19-15(21)28-9-11-35(3,4)5)30-32(23)31-14(2)18-34(26,27)20-16(22)29-10-12-36(6,7)8/h13-14,17-18H,9-12H2,1-8H3,(H-,19,20,21,22)/p+1. The van der Waals surface area contributed by atoms with Crippen molar-refractivity contribution in [3.05, 3.63) is 0 Å². The summed E-state index contributed by atoms with van der Waals surface area (Å²) in [4.78, 5) is 23.3. The van der Waals surface area contributed by atoms with E-state index in [-0.39, 0.29) is 13.2 Å². The zero-order valence-corrected chi connectivity index (χ0v) is 26.3. The molecular weight excluding hydrogens is 575 g/mol. The molecule has 0 spiro atoms. The Kier molecular flexibility index (Phi) is 14.2. The summed E-state index contributed by atoms with van der Waals surface area (Å²) in [5, 5.41) is 0. The Morgan fingerprint density at radius 1 is 0.722 bits per heavy atom. The van der Waals surface area contributed by atoms with E-state index in [4.69, 9.17) is 18.5 Å². The third-order valence-electron chi connectivity index (χ3n) is 3.74. The van der Waals surface area contributed by atoms with Gasteiger partial charge >= 0.3 is 40.9 Å². The molecule has 2 amide bonds. The van der Waals surface area contributed by atoms with E-state index in [2.05, 4.69) is 39.3 Å². The van der Waals surface area contributed by atoms with Gasteiger partial charge in [-0.2, -0.15) is 26.3 Å². The smallest absolute Gasteiger partial charge is 0.449 e. The van der Waals surface area contributed by atoms with Gasteiger partial charge < -0.3 is 9.47 Å². The Morgan fingerprint density at radius 2 is 1.03 bits per heavy atom. The third kappa shape index (κ3) is 19.9. The van der Waals surface area contributed by atoms with Crippen LogP contribution in [0.2, 0.25) is 51.4 Å². The van der Waals surface area contributed by atoms with Crippen molar-refractivity contribution in [1.29, 1.82) is 0 Å². The summed E-state index contributed by atoms with van der Waals surface area (Å²) in [6.45, 7) is 14.8. The van der Waals surface area contributed by atoms with Gasteiger partial charge in [-0.05, 0) is 25.9 Å². The maximum Gasteiger partial charge on any atom is 0.700 e. The number of carbonyl (C=O) groups excluding carboxylic acids is 2. The van der Waals surface area contributed by atoms with E-state index in [9.17, 15) is 31.0 Å². The van der Waals surface area contributed by atoms with E-state index in [0.29, 0.717) is 12.1 Å². The maximum atomic E-state index is 12.0. The molecule has 0 heterocycles. The van der Waals surface area contributed by atoms with Crippen LogP contribution >= 0.6 is 8.25 Å². The number of hydrogen-bond acceptors (Lipinski definition) is 11. The SMILES string of the molecule is CC(NS(=O)(=O)NC(=O)OCC[Si](C)(C)C)O[P+](=O)OC(C)NS(=O)(=O)NC(=O)OCC[Si](C)(C)C. The van der Waals surface area contributed by atoms with Gasteiger partial charge in [0, 0.05) is 20.7 Å². The minimum atomic E-state index is -4.42. The highest BCUT2D eigenvalue weighted by Crippen LogP contribution is 2.27. The van der Waals surface area contributed by atoms with Crippen molar-refractivity contribution >= 4 is 57.0 Å². The van der Waals surface area contributed by atoms with Crippen LogP contribution in [0, 0.1) is 0 Å². The lowest BCUT2D eigenvalue weighted by atomic mass is 10.7. The molecule has 36 heavy (non-hydrogen) atoms. The fourth-order valence-corrected chi connectivity index (χ4v) is 5.89. The molecule has 0 aliphatic rings. The molecule has 2 atom stereocenters. The number of hydrogen-bond donors (Lipinski definition) is 4. The number of rotatable bonds is 16. The van der Waals surface area contributed by atoms with Crippen LogP contribution in [0.15, 0.2) is 0 Å². The molecule has 4 N–H and O–H groups in total. The summed E-state index contributed by atoms with van der Waals surface area (Å²) >= 11 is 0. The van der Waals surface area contributed by atoms with Crippen molar-refractivity contribution in [3.8, 4) is 0 Å². The van der Waals surface area contributed by atoms with Crippen molar-refractivity contribution in [1.82, 2.24) is 18.9 Å². The van der Waals surface area contributed by atoms with Gasteiger partial charge in [-0.15, -0.1) is 0 Å². The maximum absolute atomic E-state index is 12.0. The van der Waals surface area contributed by atoms with Crippen LogP contribution in [0.1, 0.15) is 13.8 Å². The number of nitrogens with one attached hydrogen (secondary N) is 4. The molecule has 0 rings (SSSR count). The molecule has 15 nitrogen and oxygen atoms in total. The van der Waals surface area contributed by atoms with E-state index >= 15 is 0 Å². The molecule has 0 saturated carbocycles. The van der Waals surface area contributed by atoms with Gasteiger partial charge in [-0.3, -0.25) is 0 Å². The largest absolute Gasteiger partial charge is 0.700 e. The highest BCUT2D eigenvalue weighted by molar-refractivity contribution is 7.88. The quantitative estimate of drug-likeness (QED) is 0.113. The molecule has 0 fully saturated rings. The Morgan fingerprint density at radius 3 is 1.31 bits per heavy atom. The Labute approximate surface area is 216 Å². The normalized spacial score (nSPS) is 14.9. The van der Waals surface area contributed by atoms with Crippen LogP contribution in [0.5, 0.6) is 0 Å². The van der Waals surface area contributed by atoms with Crippen LogP contribution in [0.4, 0.5) is 9.59 Å². The highest BCUT2D eigenvalue weighted by atomic mass is 32.2. The van der Waals surface area contributed by atoms with E-state index in [0.717, 1.165) is 13.8 Å². The molecule has 0 aromatic heterocycles. The summed E-state index contributed by atoms with van der Waals surface area (Å²) in [6.07, 6.45) is -5.26. The average Bonchev–Trinajstić information content (AvgIpc) is 2.56. The van der Waals surface area contributed by atoms with Gasteiger partial charge in [0.25, 0.3) is 0 Å². The average molecular weight is 614 g/mol. The van der Waals surface area contributed by atoms with Crippen LogP contribution in [0.25, 0.3) is 0 Å². The Balaban J connectivity index is 4.52. The van der Waals surface area contributed by atoms with Gasteiger partial charge in [0.1, 0.15) is 0 Å². The first-order valence-corrected chi connectivity index (χ1v) is 22.3. The van der Waals surface area contributed by atoms with Crippen LogP contribution < -0.4 is 18.9 Å². The molecule has 212 valence electrons.